The van der Waals surface area contributed by atoms with Gasteiger partial charge in [-0.2, -0.15) is 0 Å². The maximum Gasteiger partial charge on any atom is 0.165 e. The van der Waals surface area contributed by atoms with E-state index in [1.54, 1.807) is 12.1 Å². The molecule has 0 amide bonds. The first-order valence-corrected chi connectivity index (χ1v) is 6.79. The molecule has 2 rings (SSSR count). The molecule has 3 heteroatoms. The summed E-state index contributed by atoms with van der Waals surface area (Å²) < 4.78 is 13.3. The van der Waals surface area contributed by atoms with E-state index in [2.05, 4.69) is 18.7 Å². The van der Waals surface area contributed by atoms with Crippen molar-refractivity contribution in [2.45, 2.75) is 39.7 Å². The predicted molar refractivity (Wildman–Crippen MR) is 71.0 cm³/mol. The molecule has 0 saturated carbocycles. The second-order valence-electron chi connectivity index (χ2n) is 5.42. The summed E-state index contributed by atoms with van der Waals surface area (Å²) in [5, 5.41) is 9.70. The van der Waals surface area contributed by atoms with Gasteiger partial charge in [0.25, 0.3) is 0 Å². The highest BCUT2D eigenvalue weighted by atomic mass is 19.1. The van der Waals surface area contributed by atoms with Gasteiger partial charge in [0.05, 0.1) is 0 Å². The summed E-state index contributed by atoms with van der Waals surface area (Å²) in [5.41, 5.74) is 1.11. The lowest BCUT2D eigenvalue weighted by atomic mass is 9.82. The third kappa shape index (κ3) is 2.51. The molecule has 1 saturated heterocycles. The number of hydrogen-bond donors (Lipinski definition) is 1. The van der Waals surface area contributed by atoms with Crippen LogP contribution in [0.1, 0.15) is 38.7 Å². The van der Waals surface area contributed by atoms with Crippen molar-refractivity contribution in [2.24, 2.45) is 5.41 Å². The largest absolute Gasteiger partial charge is 0.505 e. The molecule has 1 heterocycles. The molecule has 0 aliphatic carbocycles. The van der Waals surface area contributed by atoms with Crippen LogP contribution in [0.2, 0.25) is 0 Å². The molecule has 2 nitrogen and oxygen atoms in total. The van der Waals surface area contributed by atoms with E-state index in [-0.39, 0.29) is 5.75 Å². The molecule has 18 heavy (non-hydrogen) atoms. The molecular weight excluding hydrogens is 229 g/mol. The molecule has 0 spiro atoms. The number of hydrogen-bond acceptors (Lipinski definition) is 2. The van der Waals surface area contributed by atoms with Crippen molar-refractivity contribution in [3.63, 3.8) is 0 Å². The SMILES string of the molecule is CCC1(CC)CCN(Cc2cccc(F)c2O)C1. The number of halogens is 1. The highest BCUT2D eigenvalue weighted by Crippen LogP contribution is 2.38. The lowest BCUT2D eigenvalue weighted by Gasteiger charge is -2.26. The molecule has 0 unspecified atom stereocenters. The van der Waals surface area contributed by atoms with E-state index in [0.717, 1.165) is 13.1 Å². The minimum Gasteiger partial charge on any atom is -0.505 e. The van der Waals surface area contributed by atoms with Gasteiger partial charge in [-0.05, 0) is 37.3 Å². The quantitative estimate of drug-likeness (QED) is 0.884. The zero-order valence-corrected chi connectivity index (χ0v) is 11.2. The van der Waals surface area contributed by atoms with Gasteiger partial charge in [-0.1, -0.05) is 26.0 Å². The molecule has 1 N–H and O–H groups in total. The summed E-state index contributed by atoms with van der Waals surface area (Å²) in [6.07, 6.45) is 3.58. The van der Waals surface area contributed by atoms with Gasteiger partial charge in [0.15, 0.2) is 11.6 Å². The molecule has 1 aliphatic rings. The topological polar surface area (TPSA) is 23.5 Å². The summed E-state index contributed by atoms with van der Waals surface area (Å²) in [5.74, 6) is -0.716. The lowest BCUT2D eigenvalue weighted by molar-refractivity contribution is 0.234. The Kier molecular flexibility index (Phi) is 3.91. The van der Waals surface area contributed by atoms with Gasteiger partial charge in [0.1, 0.15) is 0 Å². The molecule has 0 aromatic heterocycles. The van der Waals surface area contributed by atoms with E-state index in [9.17, 15) is 9.50 Å². The average Bonchev–Trinajstić information content (AvgIpc) is 2.79. The summed E-state index contributed by atoms with van der Waals surface area (Å²) in [4.78, 5) is 2.32. The summed E-state index contributed by atoms with van der Waals surface area (Å²) in [6, 6.07) is 4.76. The van der Waals surface area contributed by atoms with Crippen LogP contribution in [0.5, 0.6) is 5.75 Å². The molecule has 1 aromatic carbocycles. The van der Waals surface area contributed by atoms with Crippen molar-refractivity contribution in [1.29, 1.82) is 0 Å². The third-order valence-electron chi connectivity index (χ3n) is 4.48. The molecule has 0 bridgehead atoms. The number of phenols is 1. The zero-order chi connectivity index (χ0) is 13.2. The molecular formula is C15H22FNO. The number of benzene rings is 1. The number of likely N-dealkylation sites (tertiary alicyclic amines) is 1. The number of aromatic hydroxyl groups is 1. The second kappa shape index (κ2) is 5.27. The van der Waals surface area contributed by atoms with Gasteiger partial charge in [-0.3, -0.25) is 4.90 Å². The van der Waals surface area contributed by atoms with Gasteiger partial charge in [0, 0.05) is 18.7 Å². The summed E-state index contributed by atoms with van der Waals surface area (Å²) >= 11 is 0. The van der Waals surface area contributed by atoms with Crippen molar-refractivity contribution in [3.8, 4) is 5.75 Å². The van der Waals surface area contributed by atoms with Gasteiger partial charge >= 0.3 is 0 Å². The Hall–Kier alpha value is -1.09. The summed E-state index contributed by atoms with van der Waals surface area (Å²) in [7, 11) is 0. The molecule has 100 valence electrons. The van der Waals surface area contributed by atoms with Gasteiger partial charge < -0.3 is 5.11 Å². The Morgan fingerprint density at radius 3 is 2.67 bits per heavy atom. The Balaban J connectivity index is 2.06. The fourth-order valence-electron chi connectivity index (χ4n) is 2.92. The fraction of sp³-hybridized carbons (Fsp3) is 0.600. The third-order valence-corrected chi connectivity index (χ3v) is 4.48. The van der Waals surface area contributed by atoms with Crippen molar-refractivity contribution < 1.29 is 9.50 Å². The molecule has 0 atom stereocenters. The Labute approximate surface area is 108 Å². The van der Waals surface area contributed by atoms with Crippen LogP contribution in [0.3, 0.4) is 0 Å². The van der Waals surface area contributed by atoms with Gasteiger partial charge in [0.2, 0.25) is 0 Å². The first kappa shape index (κ1) is 13.3. The van der Waals surface area contributed by atoms with E-state index in [4.69, 9.17) is 0 Å². The molecule has 0 radical (unpaired) electrons. The molecule has 1 fully saturated rings. The minimum absolute atomic E-state index is 0.192. The van der Waals surface area contributed by atoms with Crippen LogP contribution in [0, 0.1) is 11.2 Å². The highest BCUT2D eigenvalue weighted by Gasteiger charge is 2.34. The van der Waals surface area contributed by atoms with E-state index in [0.29, 0.717) is 17.5 Å². The van der Waals surface area contributed by atoms with Crippen LogP contribution >= 0.6 is 0 Å². The van der Waals surface area contributed by atoms with Crippen molar-refractivity contribution >= 4 is 0 Å². The predicted octanol–water partition coefficient (Wildman–Crippen LogP) is 3.54. The number of nitrogens with zero attached hydrogens (tertiary/aromatic N) is 1. The minimum atomic E-state index is -0.524. The maximum atomic E-state index is 13.3. The second-order valence-corrected chi connectivity index (χ2v) is 5.42. The maximum absolute atomic E-state index is 13.3. The molecule has 1 aromatic rings. The smallest absolute Gasteiger partial charge is 0.165 e. The van der Waals surface area contributed by atoms with Crippen LogP contribution in [-0.4, -0.2) is 23.1 Å². The van der Waals surface area contributed by atoms with E-state index in [1.807, 2.05) is 0 Å². The van der Waals surface area contributed by atoms with Crippen LogP contribution in [-0.2, 0) is 6.54 Å². The van der Waals surface area contributed by atoms with Crippen LogP contribution < -0.4 is 0 Å². The Morgan fingerprint density at radius 1 is 1.33 bits per heavy atom. The van der Waals surface area contributed by atoms with Crippen molar-refractivity contribution in [3.05, 3.63) is 29.6 Å². The van der Waals surface area contributed by atoms with E-state index >= 15 is 0 Å². The fourth-order valence-corrected chi connectivity index (χ4v) is 2.92. The average molecular weight is 251 g/mol. The van der Waals surface area contributed by atoms with Gasteiger partial charge in [-0.25, -0.2) is 4.39 Å². The van der Waals surface area contributed by atoms with Gasteiger partial charge in [-0.15, -0.1) is 0 Å². The monoisotopic (exact) mass is 251 g/mol. The molecule has 1 aliphatic heterocycles. The zero-order valence-electron chi connectivity index (χ0n) is 11.2. The Morgan fingerprint density at radius 2 is 2.06 bits per heavy atom. The van der Waals surface area contributed by atoms with Crippen molar-refractivity contribution in [2.75, 3.05) is 13.1 Å². The normalized spacial score (nSPS) is 19.3. The van der Waals surface area contributed by atoms with Crippen LogP contribution in [0.4, 0.5) is 4.39 Å². The van der Waals surface area contributed by atoms with E-state index in [1.165, 1.54) is 25.3 Å². The number of para-hydroxylation sites is 1. The number of phenolic OH excluding ortho intramolecular Hbond substituents is 1. The lowest BCUT2D eigenvalue weighted by Crippen LogP contribution is -2.26. The first-order valence-electron chi connectivity index (χ1n) is 6.79. The highest BCUT2D eigenvalue weighted by molar-refractivity contribution is 5.33. The first-order chi connectivity index (χ1) is 8.60. The summed E-state index contributed by atoms with van der Waals surface area (Å²) in [6.45, 7) is 7.22. The van der Waals surface area contributed by atoms with Crippen LogP contribution in [0.25, 0.3) is 0 Å². The Bertz CT molecular complexity index is 415. The standard InChI is InChI=1S/C15H22FNO/c1-3-15(4-2)8-9-17(11-15)10-12-6-5-7-13(16)14(12)18/h5-7,18H,3-4,8-11H2,1-2H3. The van der Waals surface area contributed by atoms with Crippen LogP contribution in [0.15, 0.2) is 18.2 Å². The number of rotatable bonds is 4. The van der Waals surface area contributed by atoms with Crippen molar-refractivity contribution in [1.82, 2.24) is 4.90 Å². The van der Waals surface area contributed by atoms with E-state index < -0.39 is 5.82 Å².